The van der Waals surface area contributed by atoms with Gasteiger partial charge in [-0.05, 0) is 94.1 Å². The van der Waals surface area contributed by atoms with Gasteiger partial charge in [0.15, 0.2) is 5.71 Å². The summed E-state index contributed by atoms with van der Waals surface area (Å²) >= 11 is 0. The Labute approximate surface area is 282 Å². The molecule has 0 radical (unpaired) electrons. The molecule has 0 aliphatic heterocycles. The van der Waals surface area contributed by atoms with Gasteiger partial charge in [0.2, 0.25) is 0 Å². The second kappa shape index (κ2) is 14.1. The lowest BCUT2D eigenvalue weighted by molar-refractivity contribution is -0.462. The van der Waals surface area contributed by atoms with Crippen molar-refractivity contribution in [2.75, 3.05) is 38.0 Å². The van der Waals surface area contributed by atoms with E-state index >= 15 is 0 Å². The average molecular weight is 685 g/mol. The van der Waals surface area contributed by atoms with Gasteiger partial charge in [0.25, 0.3) is 20.2 Å². The summed E-state index contributed by atoms with van der Waals surface area (Å²) in [6.07, 6.45) is 8.44. The second-order valence-corrected chi connectivity index (χ2v) is 14.7. The van der Waals surface area contributed by atoms with Crippen molar-refractivity contribution < 1.29 is 30.5 Å². The molecule has 1 aliphatic rings. The zero-order chi connectivity index (χ0) is 34.6. The van der Waals surface area contributed by atoms with Gasteiger partial charge < -0.3 is 9.80 Å². The Balaban J connectivity index is 1.53. The fourth-order valence-corrected chi connectivity index (χ4v) is 6.36. The van der Waals surface area contributed by atoms with Gasteiger partial charge in [0.05, 0.1) is 9.79 Å². The lowest BCUT2D eigenvalue weighted by Crippen LogP contribution is -2.22. The summed E-state index contributed by atoms with van der Waals surface area (Å²) in [5, 5.41) is 0. The van der Waals surface area contributed by atoms with Crippen LogP contribution >= 0.6 is 0 Å². The first kappa shape index (κ1) is 34.5. The minimum atomic E-state index is -4.33. The minimum Gasteiger partial charge on any atom is -0.378 e. The quantitative estimate of drug-likeness (QED) is 0.152. The predicted molar refractivity (Wildman–Crippen MR) is 191 cm³/mol. The number of hydrogen-bond acceptors (Lipinski definition) is 6. The summed E-state index contributed by atoms with van der Waals surface area (Å²) in [6, 6.07) is 28.6. The SMILES string of the molecule is CN(C)c1ccc(C(=C2C=CC(=[N+](C)C)C=C2)c2ccc(N(Cc3ccc(S(=O)(=O)O)cc3)Cc3ccc(S(=O)(=O)O)cc3)cc2)cc1. The van der Waals surface area contributed by atoms with E-state index in [1.165, 1.54) is 24.3 Å². The zero-order valence-corrected chi connectivity index (χ0v) is 28.8. The fourth-order valence-electron chi connectivity index (χ4n) is 5.40. The van der Waals surface area contributed by atoms with Crippen molar-refractivity contribution >= 4 is 42.9 Å². The van der Waals surface area contributed by atoms with Crippen molar-refractivity contribution in [2.45, 2.75) is 22.9 Å². The molecule has 1 aliphatic carbocycles. The van der Waals surface area contributed by atoms with Crippen molar-refractivity contribution in [3.8, 4) is 0 Å². The predicted octanol–water partition coefficient (Wildman–Crippen LogP) is 6.09. The summed E-state index contributed by atoms with van der Waals surface area (Å²) in [5.41, 5.74) is 8.91. The maximum Gasteiger partial charge on any atom is 0.294 e. The molecular formula is C37H38N3O6S2+. The maximum atomic E-state index is 11.6. The second-order valence-electron chi connectivity index (χ2n) is 11.9. The highest BCUT2D eigenvalue weighted by molar-refractivity contribution is 7.86. The van der Waals surface area contributed by atoms with Gasteiger partial charge in [-0.1, -0.05) is 48.5 Å². The Bertz CT molecular complexity index is 2030. The highest BCUT2D eigenvalue weighted by Gasteiger charge is 2.17. The van der Waals surface area contributed by atoms with Crippen molar-refractivity contribution in [1.82, 2.24) is 0 Å². The van der Waals surface area contributed by atoms with Crippen molar-refractivity contribution in [3.05, 3.63) is 149 Å². The number of nitrogens with zero attached hydrogens (tertiary/aromatic N) is 3. The molecule has 4 aromatic carbocycles. The van der Waals surface area contributed by atoms with E-state index in [9.17, 15) is 25.9 Å². The molecule has 0 unspecified atom stereocenters. The highest BCUT2D eigenvalue weighted by Crippen LogP contribution is 2.33. The van der Waals surface area contributed by atoms with Crippen LogP contribution in [0.1, 0.15) is 22.3 Å². The van der Waals surface area contributed by atoms with E-state index in [0.717, 1.165) is 50.5 Å². The third-order valence-electron chi connectivity index (χ3n) is 8.06. The fraction of sp³-hybridized carbons (Fsp3) is 0.162. The van der Waals surface area contributed by atoms with Gasteiger partial charge in [-0.15, -0.1) is 0 Å². The molecular weight excluding hydrogens is 647 g/mol. The van der Waals surface area contributed by atoms with Crippen molar-refractivity contribution in [1.29, 1.82) is 0 Å². The van der Waals surface area contributed by atoms with E-state index in [2.05, 4.69) is 75.1 Å². The van der Waals surface area contributed by atoms with Crippen LogP contribution in [0.25, 0.3) is 5.57 Å². The molecule has 5 rings (SSSR count). The van der Waals surface area contributed by atoms with Crippen LogP contribution in [0.2, 0.25) is 0 Å². The normalized spacial score (nSPS) is 13.0. The topological polar surface area (TPSA) is 118 Å². The first-order valence-electron chi connectivity index (χ1n) is 15.1. The number of anilines is 2. The van der Waals surface area contributed by atoms with Gasteiger partial charge in [-0.3, -0.25) is 9.11 Å². The maximum absolute atomic E-state index is 11.6. The Morgan fingerprint density at radius 2 is 0.979 bits per heavy atom. The lowest BCUT2D eigenvalue weighted by Gasteiger charge is -2.26. The average Bonchev–Trinajstić information content (AvgIpc) is 3.05. The van der Waals surface area contributed by atoms with E-state index in [-0.39, 0.29) is 9.79 Å². The molecule has 4 aromatic rings. The largest absolute Gasteiger partial charge is 0.378 e. The van der Waals surface area contributed by atoms with Crippen LogP contribution in [-0.2, 0) is 33.3 Å². The van der Waals surface area contributed by atoms with Gasteiger partial charge in [0.1, 0.15) is 14.1 Å². The number of allylic oxidation sites excluding steroid dienone is 5. The van der Waals surface area contributed by atoms with E-state index in [4.69, 9.17) is 0 Å². The molecule has 0 bridgehead atoms. The molecule has 11 heteroatoms. The molecule has 0 saturated carbocycles. The van der Waals surface area contributed by atoms with Gasteiger partial charge in [-0.2, -0.15) is 16.8 Å². The standard InChI is InChI=1S/C37H37N3O6S2/c1-38(2)32-15-9-29(10-16-32)37(30-11-17-33(18-12-30)39(3)4)31-13-19-34(20-14-31)40(25-27-5-21-35(22-6-27)47(41,42)43)26-28-7-23-36(24-8-28)48(44,45)46/h5-24H,25-26H2,1-4H3,(H-,41,42,43,44,45,46)/p+1. The smallest absolute Gasteiger partial charge is 0.294 e. The van der Waals surface area contributed by atoms with Crippen LogP contribution in [0.3, 0.4) is 0 Å². The summed E-state index contributed by atoms with van der Waals surface area (Å²) in [7, 11) is -0.616. The molecule has 0 atom stereocenters. The van der Waals surface area contributed by atoms with Gasteiger partial charge in [0, 0.05) is 50.7 Å². The van der Waals surface area contributed by atoms with Crippen molar-refractivity contribution in [3.63, 3.8) is 0 Å². The molecule has 48 heavy (non-hydrogen) atoms. The highest BCUT2D eigenvalue weighted by atomic mass is 32.2. The number of benzene rings is 4. The van der Waals surface area contributed by atoms with Crippen LogP contribution in [0.5, 0.6) is 0 Å². The molecule has 2 N–H and O–H groups in total. The number of rotatable bonds is 10. The van der Waals surface area contributed by atoms with Crippen LogP contribution in [0.4, 0.5) is 11.4 Å². The summed E-state index contributed by atoms with van der Waals surface area (Å²) in [6.45, 7) is 0.777. The summed E-state index contributed by atoms with van der Waals surface area (Å²) < 4.78 is 67.3. The first-order valence-corrected chi connectivity index (χ1v) is 18.0. The van der Waals surface area contributed by atoms with Crippen molar-refractivity contribution in [2.24, 2.45) is 0 Å². The van der Waals surface area contributed by atoms with Crippen LogP contribution < -0.4 is 9.80 Å². The lowest BCUT2D eigenvalue weighted by atomic mass is 9.90. The van der Waals surface area contributed by atoms with E-state index in [0.29, 0.717) is 13.1 Å². The number of hydrogen-bond donors (Lipinski definition) is 2. The molecule has 248 valence electrons. The Kier molecular flexibility index (Phi) is 10.2. The monoisotopic (exact) mass is 684 g/mol. The third-order valence-corrected chi connectivity index (χ3v) is 9.79. The molecule has 0 saturated heterocycles. The van der Waals surface area contributed by atoms with Crippen LogP contribution in [0.15, 0.2) is 137 Å². The molecule has 0 aromatic heterocycles. The van der Waals surface area contributed by atoms with Crippen LogP contribution in [0, 0.1) is 0 Å². The Morgan fingerprint density at radius 3 is 1.33 bits per heavy atom. The third kappa shape index (κ3) is 8.36. The summed E-state index contributed by atoms with van der Waals surface area (Å²) in [5.74, 6) is 0. The minimum absolute atomic E-state index is 0.191. The molecule has 0 fully saturated rings. The molecule has 9 nitrogen and oxygen atoms in total. The zero-order valence-electron chi connectivity index (χ0n) is 27.1. The Morgan fingerprint density at radius 1 is 0.583 bits per heavy atom. The van der Waals surface area contributed by atoms with E-state index in [1.54, 1.807) is 24.3 Å². The Hall–Kier alpha value is -4.81. The van der Waals surface area contributed by atoms with Gasteiger partial charge in [-0.25, -0.2) is 4.58 Å². The van der Waals surface area contributed by atoms with E-state index in [1.807, 2.05) is 40.3 Å². The van der Waals surface area contributed by atoms with E-state index < -0.39 is 20.2 Å². The molecule has 0 spiro atoms. The molecule has 0 heterocycles. The van der Waals surface area contributed by atoms with Gasteiger partial charge >= 0.3 is 0 Å². The first-order chi connectivity index (χ1) is 22.7. The molecule has 0 amide bonds. The summed E-state index contributed by atoms with van der Waals surface area (Å²) in [4.78, 5) is 3.75. The van der Waals surface area contributed by atoms with Crippen LogP contribution in [-0.4, -0.2) is 64.4 Å².